The summed E-state index contributed by atoms with van der Waals surface area (Å²) in [6.07, 6.45) is 3.52. The normalized spacial score (nSPS) is 19.7. The first-order valence-electron chi connectivity index (χ1n) is 7.82. The van der Waals surface area contributed by atoms with Crippen LogP contribution in [0.1, 0.15) is 27.7 Å². The molecular formula is C15H31BN2O3Si. The maximum Gasteiger partial charge on any atom is 0.498 e. The zero-order valence-electron chi connectivity index (χ0n) is 15.3. The van der Waals surface area contributed by atoms with Crippen LogP contribution >= 0.6 is 0 Å². The Labute approximate surface area is 136 Å². The van der Waals surface area contributed by atoms with Crippen molar-refractivity contribution in [2.45, 2.75) is 64.6 Å². The van der Waals surface area contributed by atoms with Gasteiger partial charge in [0.2, 0.25) is 0 Å². The lowest BCUT2D eigenvalue weighted by atomic mass is 9.82. The van der Waals surface area contributed by atoms with E-state index in [-0.39, 0.29) is 18.3 Å². The van der Waals surface area contributed by atoms with Crippen molar-refractivity contribution in [3.05, 3.63) is 12.4 Å². The van der Waals surface area contributed by atoms with Crippen molar-refractivity contribution in [2.75, 3.05) is 13.7 Å². The van der Waals surface area contributed by atoms with E-state index in [1.165, 1.54) is 6.04 Å². The van der Waals surface area contributed by atoms with E-state index in [1.54, 1.807) is 19.5 Å². The monoisotopic (exact) mass is 326 g/mol. The van der Waals surface area contributed by atoms with Crippen LogP contribution in [0.2, 0.25) is 25.7 Å². The summed E-state index contributed by atoms with van der Waals surface area (Å²) in [7, 11) is 0.654. The highest BCUT2D eigenvalue weighted by Crippen LogP contribution is 2.36. The maximum atomic E-state index is 5.83. The number of nitrogens with zero attached hydrogens (tertiary/aromatic N) is 1. The van der Waals surface area contributed by atoms with Gasteiger partial charge in [-0.15, -0.1) is 0 Å². The molecule has 126 valence electrons. The summed E-state index contributed by atoms with van der Waals surface area (Å²) >= 11 is 0. The molecule has 5 nitrogen and oxygen atoms in total. The Morgan fingerprint density at radius 2 is 1.73 bits per heavy atom. The zero-order valence-corrected chi connectivity index (χ0v) is 16.3. The van der Waals surface area contributed by atoms with Crippen LogP contribution in [0, 0.1) is 0 Å². The number of hydrogen-bond acceptors (Lipinski definition) is 4. The fourth-order valence-electron chi connectivity index (χ4n) is 1.78. The molecule has 2 rings (SSSR count). The highest BCUT2D eigenvalue weighted by molar-refractivity contribution is 6.76. The number of ether oxygens (including phenoxy) is 1. The third-order valence-electron chi connectivity index (χ3n) is 4.10. The Kier molecular flexibility index (Phi) is 6.44. The Balaban J connectivity index is 0.000000261. The van der Waals surface area contributed by atoms with Crippen LogP contribution < -0.4 is 5.46 Å². The summed E-state index contributed by atoms with van der Waals surface area (Å²) in [4.78, 5) is 0. The molecule has 0 spiro atoms. The molecule has 0 saturated carbocycles. The van der Waals surface area contributed by atoms with Crippen LogP contribution in [0.4, 0.5) is 0 Å². The summed E-state index contributed by atoms with van der Waals surface area (Å²) < 4.78 is 16.6. The van der Waals surface area contributed by atoms with Crippen molar-refractivity contribution in [1.29, 1.82) is 0 Å². The van der Waals surface area contributed by atoms with Gasteiger partial charge in [0.05, 0.1) is 11.2 Å². The number of aromatic nitrogens is 2. The van der Waals surface area contributed by atoms with Gasteiger partial charge in [0.15, 0.2) is 0 Å². The number of H-pyrrole nitrogens is 1. The Morgan fingerprint density at radius 3 is 2.05 bits per heavy atom. The second kappa shape index (κ2) is 7.30. The third kappa shape index (κ3) is 5.53. The zero-order chi connectivity index (χ0) is 17.0. The average molecular weight is 326 g/mol. The highest BCUT2D eigenvalue weighted by Gasteiger charge is 2.51. The van der Waals surface area contributed by atoms with Crippen LogP contribution in [0.3, 0.4) is 0 Å². The minimum Gasteiger partial charge on any atom is -0.399 e. The third-order valence-corrected chi connectivity index (χ3v) is 5.81. The Hall–Kier alpha value is -0.628. The molecule has 0 amide bonds. The van der Waals surface area contributed by atoms with Crippen molar-refractivity contribution in [3.8, 4) is 0 Å². The Morgan fingerprint density at radius 1 is 1.18 bits per heavy atom. The Bertz CT molecular complexity index is 428. The van der Waals surface area contributed by atoms with E-state index in [2.05, 4.69) is 29.8 Å². The summed E-state index contributed by atoms with van der Waals surface area (Å²) in [5.41, 5.74) is 0.368. The van der Waals surface area contributed by atoms with Gasteiger partial charge in [0.25, 0.3) is 0 Å². The maximum absolute atomic E-state index is 5.83. The minimum atomic E-state index is -0.803. The molecule has 0 unspecified atom stereocenters. The molecule has 1 aliphatic rings. The first kappa shape index (κ1) is 19.4. The van der Waals surface area contributed by atoms with Gasteiger partial charge in [-0.3, -0.25) is 5.10 Å². The number of hydrogen-bond donors (Lipinski definition) is 1. The van der Waals surface area contributed by atoms with Crippen LogP contribution in [-0.2, 0) is 14.0 Å². The fourth-order valence-corrected chi connectivity index (χ4v) is 2.59. The summed E-state index contributed by atoms with van der Waals surface area (Å²) in [6, 6.07) is 1.28. The molecule has 1 aliphatic heterocycles. The molecule has 0 radical (unpaired) electrons. The van der Waals surface area contributed by atoms with Crippen LogP contribution in [0.15, 0.2) is 12.4 Å². The van der Waals surface area contributed by atoms with Gasteiger partial charge < -0.3 is 14.0 Å². The van der Waals surface area contributed by atoms with Gasteiger partial charge in [0, 0.05) is 39.6 Å². The molecule has 1 saturated heterocycles. The largest absolute Gasteiger partial charge is 0.498 e. The lowest BCUT2D eigenvalue weighted by Gasteiger charge is -2.32. The number of methoxy groups -OCH3 is 1. The smallest absolute Gasteiger partial charge is 0.399 e. The number of nitrogens with one attached hydrogen (secondary N) is 1. The van der Waals surface area contributed by atoms with E-state index < -0.39 is 8.07 Å². The first-order chi connectivity index (χ1) is 9.98. The van der Waals surface area contributed by atoms with Crippen LogP contribution in [0.25, 0.3) is 0 Å². The molecule has 1 aromatic heterocycles. The van der Waals surface area contributed by atoms with Gasteiger partial charge in [-0.25, -0.2) is 0 Å². The predicted molar refractivity (Wildman–Crippen MR) is 94.3 cm³/mol. The molecule has 0 bridgehead atoms. The lowest BCUT2D eigenvalue weighted by Crippen LogP contribution is -2.41. The average Bonchev–Trinajstić information content (AvgIpc) is 2.94. The van der Waals surface area contributed by atoms with Crippen molar-refractivity contribution < 1.29 is 14.0 Å². The topological polar surface area (TPSA) is 56.4 Å². The number of aromatic amines is 1. The fraction of sp³-hybridized carbons (Fsp3) is 0.800. The quantitative estimate of drug-likeness (QED) is 0.865. The molecule has 1 fully saturated rings. The van der Waals surface area contributed by atoms with Gasteiger partial charge in [-0.1, -0.05) is 19.6 Å². The SMILES string of the molecule is CC1(C)OB(c2cn[nH]c2)OC1(C)C.COCC[Si](C)(C)C. The van der Waals surface area contributed by atoms with E-state index in [0.717, 1.165) is 12.1 Å². The molecule has 0 aromatic carbocycles. The van der Waals surface area contributed by atoms with Crippen molar-refractivity contribution >= 4 is 20.7 Å². The molecule has 0 atom stereocenters. The number of rotatable bonds is 4. The summed E-state index contributed by atoms with van der Waals surface area (Å²) in [6.45, 7) is 16.1. The van der Waals surface area contributed by atoms with Crippen molar-refractivity contribution in [1.82, 2.24) is 10.2 Å². The van der Waals surface area contributed by atoms with E-state index in [0.29, 0.717) is 0 Å². The molecule has 0 aliphatic carbocycles. The summed E-state index contributed by atoms with van der Waals surface area (Å²) in [5, 5.41) is 6.63. The predicted octanol–water partition coefficient (Wildman–Crippen LogP) is 2.68. The molecule has 7 heteroatoms. The van der Waals surface area contributed by atoms with E-state index in [9.17, 15) is 0 Å². The summed E-state index contributed by atoms with van der Waals surface area (Å²) in [5.74, 6) is 0. The molecule has 2 heterocycles. The van der Waals surface area contributed by atoms with Gasteiger partial charge >= 0.3 is 7.12 Å². The standard InChI is InChI=1S/C9H15BN2O2.C6H16OSi/c1-8(2)9(3,4)14-10(13-8)7-5-11-12-6-7;1-7-5-6-8(2,3)4/h5-6H,1-4H3,(H,11,12);5-6H2,1-4H3. The van der Waals surface area contributed by atoms with Gasteiger partial charge in [-0.05, 0) is 33.7 Å². The van der Waals surface area contributed by atoms with Crippen LogP contribution in [-0.4, -0.2) is 50.3 Å². The first-order valence-corrected chi connectivity index (χ1v) is 11.5. The van der Waals surface area contributed by atoms with Crippen molar-refractivity contribution in [2.24, 2.45) is 0 Å². The van der Waals surface area contributed by atoms with E-state index in [4.69, 9.17) is 14.0 Å². The molecule has 1 aromatic rings. The van der Waals surface area contributed by atoms with Gasteiger partial charge in [-0.2, -0.15) is 5.10 Å². The van der Waals surface area contributed by atoms with Gasteiger partial charge in [0.1, 0.15) is 0 Å². The lowest BCUT2D eigenvalue weighted by molar-refractivity contribution is 0.00578. The molecule has 1 N–H and O–H groups in total. The second-order valence-electron chi connectivity index (χ2n) is 7.92. The van der Waals surface area contributed by atoms with E-state index in [1.807, 2.05) is 27.7 Å². The van der Waals surface area contributed by atoms with Crippen LogP contribution in [0.5, 0.6) is 0 Å². The highest BCUT2D eigenvalue weighted by atomic mass is 28.3. The second-order valence-corrected chi connectivity index (χ2v) is 13.5. The van der Waals surface area contributed by atoms with E-state index >= 15 is 0 Å². The van der Waals surface area contributed by atoms with Crippen molar-refractivity contribution in [3.63, 3.8) is 0 Å². The molecular weight excluding hydrogens is 295 g/mol. The molecule has 22 heavy (non-hydrogen) atoms. The minimum absolute atomic E-state index is 0.283.